The molecule has 0 radical (unpaired) electrons. The van der Waals surface area contributed by atoms with Crippen LogP contribution in [0.25, 0.3) is 0 Å². The van der Waals surface area contributed by atoms with E-state index >= 15 is 0 Å². The summed E-state index contributed by atoms with van der Waals surface area (Å²) >= 11 is 0. The van der Waals surface area contributed by atoms with E-state index in [0.29, 0.717) is 5.41 Å². The molecule has 0 aromatic rings. The lowest BCUT2D eigenvalue weighted by atomic mass is 9.52. The first-order chi connectivity index (χ1) is 8.10. The fourth-order valence-corrected chi connectivity index (χ4v) is 4.96. The molecule has 0 aromatic carbocycles. The average Bonchev–Trinajstić information content (AvgIpc) is 2.29. The van der Waals surface area contributed by atoms with Gasteiger partial charge in [0, 0.05) is 0 Å². The molecule has 2 rings (SSSR count). The maximum absolute atomic E-state index is 3.63. The summed E-state index contributed by atoms with van der Waals surface area (Å²) < 4.78 is 0. The molecule has 0 aromatic heterocycles. The minimum Gasteiger partial charge on any atom is -0.316 e. The van der Waals surface area contributed by atoms with Crippen LogP contribution < -0.4 is 5.32 Å². The number of hydrogen-bond donors (Lipinski definition) is 1. The van der Waals surface area contributed by atoms with E-state index in [2.05, 4.69) is 33.0 Å². The Bertz CT molecular complexity index is 248. The maximum Gasteiger partial charge on any atom is -0.00152 e. The van der Waals surface area contributed by atoms with E-state index in [1.165, 1.54) is 45.2 Å². The number of rotatable bonds is 2. The van der Waals surface area contributed by atoms with Crippen LogP contribution in [0.4, 0.5) is 0 Å². The van der Waals surface area contributed by atoms with E-state index in [1.54, 1.807) is 0 Å². The maximum atomic E-state index is 3.63. The molecule has 2 fully saturated rings. The van der Waals surface area contributed by atoms with Gasteiger partial charge in [0.05, 0.1) is 0 Å². The van der Waals surface area contributed by atoms with Gasteiger partial charge in [-0.15, -0.1) is 0 Å². The quantitative estimate of drug-likeness (QED) is 0.763. The highest BCUT2D eigenvalue weighted by Crippen LogP contribution is 2.55. The molecule has 17 heavy (non-hydrogen) atoms. The van der Waals surface area contributed by atoms with Crippen LogP contribution in [0, 0.1) is 29.1 Å². The molecule has 2 aliphatic rings. The largest absolute Gasteiger partial charge is 0.316 e. The first-order valence-electron chi connectivity index (χ1n) is 7.81. The van der Waals surface area contributed by atoms with Gasteiger partial charge in [-0.05, 0) is 61.4 Å². The van der Waals surface area contributed by atoms with Crippen LogP contribution >= 0.6 is 0 Å². The van der Waals surface area contributed by atoms with E-state index in [1.807, 2.05) is 0 Å². The first kappa shape index (κ1) is 13.4. The van der Waals surface area contributed by atoms with Crippen molar-refractivity contribution in [2.45, 2.75) is 59.8 Å². The normalized spacial score (nSPS) is 43.2. The van der Waals surface area contributed by atoms with Crippen molar-refractivity contribution < 1.29 is 0 Å². The van der Waals surface area contributed by atoms with Crippen molar-refractivity contribution in [1.82, 2.24) is 5.32 Å². The second-order valence-corrected chi connectivity index (χ2v) is 7.03. The predicted octanol–water partition coefficient (Wildman–Crippen LogP) is 4.08. The van der Waals surface area contributed by atoms with Crippen LogP contribution in [0.1, 0.15) is 59.8 Å². The summed E-state index contributed by atoms with van der Waals surface area (Å²) in [5, 5.41) is 3.63. The molecule has 4 atom stereocenters. The summed E-state index contributed by atoms with van der Waals surface area (Å²) in [4.78, 5) is 0. The molecule has 4 unspecified atom stereocenters. The summed E-state index contributed by atoms with van der Waals surface area (Å²) in [6.45, 7) is 12.3. The molecule has 0 bridgehead atoms. The molecule has 1 spiro atoms. The minimum atomic E-state index is 0.672. The van der Waals surface area contributed by atoms with Gasteiger partial charge < -0.3 is 5.32 Å². The molecule has 1 N–H and O–H groups in total. The van der Waals surface area contributed by atoms with Crippen LogP contribution in [-0.2, 0) is 0 Å². The van der Waals surface area contributed by atoms with Crippen molar-refractivity contribution in [2.75, 3.05) is 13.1 Å². The summed E-state index contributed by atoms with van der Waals surface area (Å²) in [6.07, 6.45) is 7.24. The highest BCUT2D eigenvalue weighted by atomic mass is 14.9. The number of nitrogens with one attached hydrogen (secondary N) is 1. The lowest BCUT2D eigenvalue weighted by Crippen LogP contribution is -2.52. The van der Waals surface area contributed by atoms with Crippen LogP contribution in [0.2, 0.25) is 0 Å². The van der Waals surface area contributed by atoms with Gasteiger partial charge in [0.1, 0.15) is 0 Å². The fourth-order valence-electron chi connectivity index (χ4n) is 4.96. The highest BCUT2D eigenvalue weighted by Gasteiger charge is 2.49. The van der Waals surface area contributed by atoms with Crippen LogP contribution in [0.15, 0.2) is 0 Å². The zero-order chi connectivity index (χ0) is 12.5. The summed E-state index contributed by atoms with van der Waals surface area (Å²) in [7, 11) is 0. The molecular weight excluding hydrogens is 206 g/mol. The Morgan fingerprint density at radius 1 is 1.29 bits per heavy atom. The predicted molar refractivity (Wildman–Crippen MR) is 75.0 cm³/mol. The van der Waals surface area contributed by atoms with Gasteiger partial charge in [0.2, 0.25) is 0 Å². The molecule has 1 saturated carbocycles. The standard InChI is InChI=1S/C16H31N/c1-5-14-11-17-9-8-16(14)10-13(4)6-7-15(16)12(2)3/h12-15,17H,5-11H2,1-4H3. The number of hydrogen-bond acceptors (Lipinski definition) is 1. The van der Waals surface area contributed by atoms with Gasteiger partial charge in [0.15, 0.2) is 0 Å². The molecule has 100 valence electrons. The van der Waals surface area contributed by atoms with Gasteiger partial charge >= 0.3 is 0 Å². The Morgan fingerprint density at radius 3 is 2.71 bits per heavy atom. The van der Waals surface area contributed by atoms with Crippen molar-refractivity contribution >= 4 is 0 Å². The molecule has 1 aliphatic heterocycles. The first-order valence-corrected chi connectivity index (χ1v) is 7.81. The highest BCUT2D eigenvalue weighted by molar-refractivity contribution is 4.99. The van der Waals surface area contributed by atoms with Crippen molar-refractivity contribution in [2.24, 2.45) is 29.1 Å². The van der Waals surface area contributed by atoms with E-state index in [-0.39, 0.29) is 0 Å². The average molecular weight is 237 g/mol. The third-order valence-electron chi connectivity index (χ3n) is 5.71. The fraction of sp³-hybridized carbons (Fsp3) is 1.00. The van der Waals surface area contributed by atoms with Gasteiger partial charge in [-0.3, -0.25) is 0 Å². The van der Waals surface area contributed by atoms with Crippen molar-refractivity contribution in [3.63, 3.8) is 0 Å². The second-order valence-electron chi connectivity index (χ2n) is 7.03. The summed E-state index contributed by atoms with van der Waals surface area (Å²) in [6, 6.07) is 0. The number of piperidine rings is 1. The van der Waals surface area contributed by atoms with E-state index in [9.17, 15) is 0 Å². The van der Waals surface area contributed by atoms with Gasteiger partial charge in [0.25, 0.3) is 0 Å². The molecule has 1 saturated heterocycles. The monoisotopic (exact) mass is 237 g/mol. The third-order valence-corrected chi connectivity index (χ3v) is 5.71. The van der Waals surface area contributed by atoms with Crippen LogP contribution in [0.3, 0.4) is 0 Å². The summed E-state index contributed by atoms with van der Waals surface area (Å²) in [5.74, 6) is 3.73. The molecule has 1 aliphatic carbocycles. The summed E-state index contributed by atoms with van der Waals surface area (Å²) in [5.41, 5.74) is 0.672. The van der Waals surface area contributed by atoms with E-state index < -0.39 is 0 Å². The Hall–Kier alpha value is -0.0400. The molecule has 0 amide bonds. The molecule has 1 nitrogen and oxygen atoms in total. The zero-order valence-electron chi connectivity index (χ0n) is 12.3. The molecule has 1 heterocycles. The lowest BCUT2D eigenvalue weighted by Gasteiger charge is -2.55. The lowest BCUT2D eigenvalue weighted by molar-refractivity contribution is -0.0452. The van der Waals surface area contributed by atoms with Gasteiger partial charge in [-0.1, -0.05) is 40.5 Å². The van der Waals surface area contributed by atoms with Crippen molar-refractivity contribution in [1.29, 1.82) is 0 Å². The Morgan fingerprint density at radius 2 is 2.06 bits per heavy atom. The zero-order valence-corrected chi connectivity index (χ0v) is 12.3. The van der Waals surface area contributed by atoms with Gasteiger partial charge in [-0.25, -0.2) is 0 Å². The minimum absolute atomic E-state index is 0.672. The molecular formula is C16H31N. The smallest absolute Gasteiger partial charge is 0.00152 e. The van der Waals surface area contributed by atoms with Crippen molar-refractivity contribution in [3.8, 4) is 0 Å². The Labute approximate surface area is 108 Å². The van der Waals surface area contributed by atoms with Crippen molar-refractivity contribution in [3.05, 3.63) is 0 Å². The van der Waals surface area contributed by atoms with E-state index in [0.717, 1.165) is 23.7 Å². The van der Waals surface area contributed by atoms with Gasteiger partial charge in [-0.2, -0.15) is 0 Å². The SMILES string of the molecule is CCC1CNCCC12CC(C)CCC2C(C)C. The van der Waals surface area contributed by atoms with E-state index in [4.69, 9.17) is 0 Å². The molecule has 1 heteroatoms. The third kappa shape index (κ3) is 2.41. The Balaban J connectivity index is 2.26. The Kier molecular flexibility index (Phi) is 4.18. The van der Waals surface area contributed by atoms with Crippen LogP contribution in [-0.4, -0.2) is 13.1 Å². The topological polar surface area (TPSA) is 12.0 Å². The van der Waals surface area contributed by atoms with Crippen LogP contribution in [0.5, 0.6) is 0 Å². The second kappa shape index (κ2) is 5.30.